The van der Waals surface area contributed by atoms with Crippen LogP contribution in [0.5, 0.6) is 0 Å². The van der Waals surface area contributed by atoms with Crippen molar-refractivity contribution in [3.63, 3.8) is 0 Å². The van der Waals surface area contributed by atoms with Gasteiger partial charge in [-0.3, -0.25) is 0 Å². The second kappa shape index (κ2) is 5.74. The Balaban J connectivity index is 2.70. The first-order valence-corrected chi connectivity index (χ1v) is 4.71. The maximum Gasteiger partial charge on any atom is 0.184 e. The minimum absolute atomic E-state index is 0.189. The first-order chi connectivity index (χ1) is 7.15. The lowest BCUT2D eigenvalue weighted by atomic mass is 9.99. The predicted octanol–water partition coefficient (Wildman–Crippen LogP) is -1.26. The van der Waals surface area contributed by atoms with Crippen LogP contribution in [0.3, 0.4) is 0 Å². The molecule has 1 heterocycles. The molecule has 0 saturated carbocycles. The van der Waals surface area contributed by atoms with Crippen molar-refractivity contribution in [1.29, 1.82) is 0 Å². The van der Waals surface area contributed by atoms with Crippen LogP contribution in [0.25, 0.3) is 0 Å². The van der Waals surface area contributed by atoms with Crippen LogP contribution < -0.4 is 0 Å². The standard InChI is InChI=1S/C9H18O6/c1-12-4-5-6(10)7(13-2)8(14-3)9(11)15-5/h5-11H,4H2,1-3H3/t5-,6-,7+,8+,9+/m1/s1. The molecule has 5 atom stereocenters. The van der Waals surface area contributed by atoms with Crippen LogP contribution in [0, 0.1) is 0 Å². The van der Waals surface area contributed by atoms with Gasteiger partial charge in [-0.25, -0.2) is 0 Å². The van der Waals surface area contributed by atoms with E-state index in [1.807, 2.05) is 0 Å². The van der Waals surface area contributed by atoms with E-state index in [1.54, 1.807) is 0 Å². The van der Waals surface area contributed by atoms with Gasteiger partial charge < -0.3 is 29.2 Å². The third-order valence-electron chi connectivity index (χ3n) is 2.51. The third kappa shape index (κ3) is 2.66. The van der Waals surface area contributed by atoms with Gasteiger partial charge in [0, 0.05) is 21.3 Å². The molecule has 0 amide bonds. The lowest BCUT2D eigenvalue weighted by Crippen LogP contribution is -2.59. The molecule has 1 rings (SSSR count). The number of hydrogen-bond donors (Lipinski definition) is 2. The quantitative estimate of drug-likeness (QED) is 0.618. The molecule has 0 bridgehead atoms. The fourth-order valence-corrected chi connectivity index (χ4v) is 1.73. The first kappa shape index (κ1) is 12.8. The second-order valence-electron chi connectivity index (χ2n) is 3.41. The number of aliphatic hydroxyl groups is 2. The molecule has 2 N–H and O–H groups in total. The highest BCUT2D eigenvalue weighted by molar-refractivity contribution is 4.90. The molecule has 0 aromatic rings. The Kier molecular flexibility index (Phi) is 4.91. The van der Waals surface area contributed by atoms with E-state index in [0.29, 0.717) is 0 Å². The average Bonchev–Trinajstić information content (AvgIpc) is 2.22. The SMILES string of the molecule is COC[C@H]1O[C@H](O)[C@@H](OC)[C@@H](OC)[C@@H]1O. The van der Waals surface area contributed by atoms with Crippen molar-refractivity contribution >= 4 is 0 Å². The van der Waals surface area contributed by atoms with Crippen LogP contribution in [0.15, 0.2) is 0 Å². The van der Waals surface area contributed by atoms with E-state index in [1.165, 1.54) is 21.3 Å². The topological polar surface area (TPSA) is 77.4 Å². The van der Waals surface area contributed by atoms with Gasteiger partial charge in [0.05, 0.1) is 6.61 Å². The summed E-state index contributed by atoms with van der Waals surface area (Å²) in [5.74, 6) is 0. The molecule has 1 aliphatic heterocycles. The summed E-state index contributed by atoms with van der Waals surface area (Å²) >= 11 is 0. The summed E-state index contributed by atoms with van der Waals surface area (Å²) in [6, 6.07) is 0. The zero-order valence-corrected chi connectivity index (χ0v) is 9.12. The molecule has 90 valence electrons. The molecular weight excluding hydrogens is 204 g/mol. The van der Waals surface area contributed by atoms with Crippen molar-refractivity contribution in [3.05, 3.63) is 0 Å². The number of aliphatic hydroxyl groups excluding tert-OH is 2. The van der Waals surface area contributed by atoms with E-state index < -0.39 is 30.7 Å². The monoisotopic (exact) mass is 222 g/mol. The molecule has 0 radical (unpaired) electrons. The van der Waals surface area contributed by atoms with Gasteiger partial charge in [0.15, 0.2) is 6.29 Å². The maximum atomic E-state index is 9.86. The number of rotatable bonds is 4. The smallest absolute Gasteiger partial charge is 0.184 e. The van der Waals surface area contributed by atoms with E-state index in [4.69, 9.17) is 18.9 Å². The van der Waals surface area contributed by atoms with E-state index in [9.17, 15) is 10.2 Å². The van der Waals surface area contributed by atoms with E-state index in [0.717, 1.165) is 0 Å². The Morgan fingerprint density at radius 3 is 2.13 bits per heavy atom. The van der Waals surface area contributed by atoms with Gasteiger partial charge in [0.25, 0.3) is 0 Å². The van der Waals surface area contributed by atoms with Crippen molar-refractivity contribution in [2.75, 3.05) is 27.9 Å². The van der Waals surface area contributed by atoms with Crippen molar-refractivity contribution in [1.82, 2.24) is 0 Å². The van der Waals surface area contributed by atoms with Crippen LogP contribution in [0.1, 0.15) is 0 Å². The summed E-state index contributed by atoms with van der Waals surface area (Å²) in [6.07, 6.45) is -3.94. The van der Waals surface area contributed by atoms with Crippen LogP contribution in [-0.2, 0) is 18.9 Å². The Morgan fingerprint density at radius 1 is 1.07 bits per heavy atom. The summed E-state index contributed by atoms with van der Waals surface area (Å²) in [6.45, 7) is 0.189. The predicted molar refractivity (Wildman–Crippen MR) is 50.4 cm³/mol. The Bertz CT molecular complexity index is 187. The molecule has 1 aliphatic rings. The summed E-state index contributed by atoms with van der Waals surface area (Å²) in [4.78, 5) is 0. The van der Waals surface area contributed by atoms with Crippen molar-refractivity contribution in [2.24, 2.45) is 0 Å². The Labute approximate surface area is 88.7 Å². The number of methoxy groups -OCH3 is 3. The molecule has 0 unspecified atom stereocenters. The summed E-state index contributed by atoms with van der Waals surface area (Å²) in [7, 11) is 4.36. The van der Waals surface area contributed by atoms with E-state index >= 15 is 0 Å². The Morgan fingerprint density at radius 2 is 1.67 bits per heavy atom. The molecule has 1 fully saturated rings. The van der Waals surface area contributed by atoms with Gasteiger partial charge in [-0.15, -0.1) is 0 Å². The minimum atomic E-state index is -1.12. The lowest BCUT2D eigenvalue weighted by Gasteiger charge is -2.41. The van der Waals surface area contributed by atoms with Gasteiger partial charge in [0.2, 0.25) is 0 Å². The fraction of sp³-hybridized carbons (Fsp3) is 1.00. The maximum absolute atomic E-state index is 9.86. The van der Waals surface area contributed by atoms with Gasteiger partial charge >= 0.3 is 0 Å². The number of hydrogen-bond acceptors (Lipinski definition) is 6. The van der Waals surface area contributed by atoms with Gasteiger partial charge in [-0.05, 0) is 0 Å². The van der Waals surface area contributed by atoms with Crippen molar-refractivity contribution in [3.8, 4) is 0 Å². The molecule has 0 aromatic carbocycles. The zero-order valence-electron chi connectivity index (χ0n) is 9.12. The minimum Gasteiger partial charge on any atom is -0.387 e. The zero-order chi connectivity index (χ0) is 11.4. The molecule has 15 heavy (non-hydrogen) atoms. The molecule has 0 spiro atoms. The average molecular weight is 222 g/mol. The molecule has 0 aliphatic carbocycles. The molecule has 0 aromatic heterocycles. The highest BCUT2D eigenvalue weighted by Gasteiger charge is 2.45. The Hall–Kier alpha value is -0.240. The lowest BCUT2D eigenvalue weighted by molar-refractivity contribution is -0.296. The fourth-order valence-electron chi connectivity index (χ4n) is 1.73. The normalized spacial score (nSPS) is 41.8. The third-order valence-corrected chi connectivity index (χ3v) is 2.51. The van der Waals surface area contributed by atoms with Crippen molar-refractivity contribution in [2.45, 2.75) is 30.7 Å². The summed E-state index contributed by atoms with van der Waals surface area (Å²) in [5, 5.41) is 19.4. The van der Waals surface area contributed by atoms with Crippen LogP contribution >= 0.6 is 0 Å². The van der Waals surface area contributed by atoms with Crippen LogP contribution in [-0.4, -0.2) is 68.9 Å². The molecule has 6 nitrogen and oxygen atoms in total. The highest BCUT2D eigenvalue weighted by Crippen LogP contribution is 2.23. The second-order valence-corrected chi connectivity index (χ2v) is 3.41. The summed E-state index contributed by atoms with van der Waals surface area (Å²) in [5.41, 5.74) is 0. The highest BCUT2D eigenvalue weighted by atomic mass is 16.7. The van der Waals surface area contributed by atoms with Crippen LogP contribution in [0.2, 0.25) is 0 Å². The van der Waals surface area contributed by atoms with Crippen molar-refractivity contribution < 1.29 is 29.2 Å². The number of ether oxygens (including phenoxy) is 4. The summed E-state index contributed by atoms with van der Waals surface area (Å²) < 4.78 is 20.1. The van der Waals surface area contributed by atoms with E-state index in [2.05, 4.69) is 0 Å². The molecule has 1 saturated heterocycles. The largest absolute Gasteiger partial charge is 0.387 e. The first-order valence-electron chi connectivity index (χ1n) is 4.71. The molecule has 6 heteroatoms. The van der Waals surface area contributed by atoms with E-state index in [-0.39, 0.29) is 6.61 Å². The van der Waals surface area contributed by atoms with Gasteiger partial charge in [-0.1, -0.05) is 0 Å². The van der Waals surface area contributed by atoms with Gasteiger partial charge in [0.1, 0.15) is 24.4 Å². The van der Waals surface area contributed by atoms with Gasteiger partial charge in [-0.2, -0.15) is 0 Å². The van der Waals surface area contributed by atoms with Crippen LogP contribution in [0.4, 0.5) is 0 Å². The molecular formula is C9H18O6.